The number of hydrogen-bond donors (Lipinski definition) is 1. The molecule has 0 saturated heterocycles. The van der Waals surface area contributed by atoms with Crippen molar-refractivity contribution in [3.8, 4) is 11.5 Å². The molecule has 0 spiro atoms. The van der Waals surface area contributed by atoms with Crippen LogP contribution < -0.4 is 14.8 Å². The zero-order chi connectivity index (χ0) is 19.6. The number of anilines is 1. The fourth-order valence-corrected chi connectivity index (χ4v) is 2.75. The zero-order valence-electron chi connectivity index (χ0n) is 16.5. The number of rotatable bonds is 10. The first-order valence-corrected chi connectivity index (χ1v) is 9.20. The highest BCUT2D eigenvalue weighted by molar-refractivity contribution is 5.92. The SMILES string of the molecule is CCCN(CCC)C(=O)c1ccnc(NCc2ccc(OC)c(OC)c2)n1. The molecular weight excluding hydrogens is 344 g/mol. The standard InChI is InChI=1S/C20H28N4O3/c1-5-11-24(12-6-2)19(25)16-9-10-21-20(23-16)22-14-15-7-8-17(26-3)18(13-15)27-4/h7-10,13H,5-6,11-12,14H2,1-4H3,(H,21,22,23). The van der Waals surface area contributed by atoms with Crippen LogP contribution in [0, 0.1) is 0 Å². The molecule has 1 aromatic carbocycles. The van der Waals surface area contributed by atoms with Crippen molar-refractivity contribution < 1.29 is 14.3 Å². The van der Waals surface area contributed by atoms with Crippen molar-refractivity contribution in [2.45, 2.75) is 33.2 Å². The van der Waals surface area contributed by atoms with Crippen LogP contribution in [0.1, 0.15) is 42.7 Å². The quantitative estimate of drug-likeness (QED) is 0.689. The number of amides is 1. The summed E-state index contributed by atoms with van der Waals surface area (Å²) in [5, 5.41) is 3.16. The molecule has 0 bridgehead atoms. The first-order valence-electron chi connectivity index (χ1n) is 9.20. The molecule has 0 unspecified atom stereocenters. The molecule has 0 aliphatic carbocycles. The number of carbonyl (C=O) groups is 1. The highest BCUT2D eigenvalue weighted by atomic mass is 16.5. The molecule has 2 rings (SSSR count). The van der Waals surface area contributed by atoms with Gasteiger partial charge >= 0.3 is 0 Å². The molecule has 1 N–H and O–H groups in total. The van der Waals surface area contributed by atoms with E-state index in [9.17, 15) is 4.79 Å². The highest BCUT2D eigenvalue weighted by Gasteiger charge is 2.16. The van der Waals surface area contributed by atoms with E-state index in [2.05, 4.69) is 29.1 Å². The van der Waals surface area contributed by atoms with E-state index in [4.69, 9.17) is 9.47 Å². The number of nitrogens with one attached hydrogen (secondary N) is 1. The van der Waals surface area contributed by atoms with E-state index >= 15 is 0 Å². The van der Waals surface area contributed by atoms with Crippen LogP contribution in [-0.4, -0.2) is 48.1 Å². The van der Waals surface area contributed by atoms with Gasteiger partial charge in [-0.2, -0.15) is 0 Å². The van der Waals surface area contributed by atoms with E-state index in [1.54, 1.807) is 26.5 Å². The minimum absolute atomic E-state index is 0.0599. The Hall–Kier alpha value is -2.83. The fourth-order valence-electron chi connectivity index (χ4n) is 2.75. The lowest BCUT2D eigenvalue weighted by Crippen LogP contribution is -2.33. The molecule has 0 radical (unpaired) electrons. The average molecular weight is 372 g/mol. The number of methoxy groups -OCH3 is 2. The van der Waals surface area contributed by atoms with Crippen molar-refractivity contribution >= 4 is 11.9 Å². The number of hydrogen-bond acceptors (Lipinski definition) is 6. The Morgan fingerprint density at radius 3 is 2.41 bits per heavy atom. The zero-order valence-corrected chi connectivity index (χ0v) is 16.5. The van der Waals surface area contributed by atoms with E-state index < -0.39 is 0 Å². The van der Waals surface area contributed by atoms with E-state index in [-0.39, 0.29) is 5.91 Å². The lowest BCUT2D eigenvalue weighted by molar-refractivity contribution is 0.0749. The van der Waals surface area contributed by atoms with Crippen molar-refractivity contribution in [2.75, 3.05) is 32.6 Å². The number of carbonyl (C=O) groups excluding carboxylic acids is 1. The second kappa shape index (κ2) is 10.4. The molecule has 27 heavy (non-hydrogen) atoms. The van der Waals surface area contributed by atoms with Crippen LogP contribution in [0.15, 0.2) is 30.5 Å². The third kappa shape index (κ3) is 5.57. The normalized spacial score (nSPS) is 10.4. The number of ether oxygens (including phenoxy) is 2. The van der Waals surface area contributed by atoms with Gasteiger partial charge in [0, 0.05) is 25.8 Å². The predicted octanol–water partition coefficient (Wildman–Crippen LogP) is 3.37. The van der Waals surface area contributed by atoms with Crippen molar-refractivity contribution in [3.63, 3.8) is 0 Å². The monoisotopic (exact) mass is 372 g/mol. The van der Waals surface area contributed by atoms with Crippen molar-refractivity contribution in [2.24, 2.45) is 0 Å². The largest absolute Gasteiger partial charge is 0.493 e. The minimum atomic E-state index is -0.0599. The lowest BCUT2D eigenvalue weighted by atomic mass is 10.2. The molecule has 7 nitrogen and oxygen atoms in total. The van der Waals surface area contributed by atoms with Gasteiger partial charge in [-0.15, -0.1) is 0 Å². The Morgan fingerprint density at radius 1 is 1.07 bits per heavy atom. The maximum Gasteiger partial charge on any atom is 0.272 e. The van der Waals surface area contributed by atoms with Gasteiger partial charge in [0.1, 0.15) is 5.69 Å². The Labute approximate surface area is 160 Å². The van der Waals surface area contributed by atoms with Crippen LogP contribution in [0.3, 0.4) is 0 Å². The van der Waals surface area contributed by atoms with Gasteiger partial charge < -0.3 is 19.7 Å². The smallest absolute Gasteiger partial charge is 0.272 e. The van der Waals surface area contributed by atoms with Crippen LogP contribution >= 0.6 is 0 Å². The maximum absolute atomic E-state index is 12.7. The molecule has 7 heteroatoms. The van der Waals surface area contributed by atoms with Crippen LogP contribution in [0.5, 0.6) is 11.5 Å². The number of nitrogens with zero attached hydrogens (tertiary/aromatic N) is 3. The third-order valence-electron chi connectivity index (χ3n) is 4.05. The minimum Gasteiger partial charge on any atom is -0.493 e. The van der Waals surface area contributed by atoms with Gasteiger partial charge in [-0.05, 0) is 36.6 Å². The van der Waals surface area contributed by atoms with Gasteiger partial charge in [0.25, 0.3) is 5.91 Å². The Balaban J connectivity index is 2.08. The molecule has 2 aromatic rings. The summed E-state index contributed by atoms with van der Waals surface area (Å²) < 4.78 is 10.6. The van der Waals surface area contributed by atoms with Crippen LogP contribution in [-0.2, 0) is 6.54 Å². The van der Waals surface area contributed by atoms with Crippen LogP contribution in [0.25, 0.3) is 0 Å². The Bertz CT molecular complexity index is 746. The summed E-state index contributed by atoms with van der Waals surface area (Å²) in [6.45, 7) is 6.08. The first kappa shape index (κ1) is 20.5. The van der Waals surface area contributed by atoms with Gasteiger partial charge in [0.15, 0.2) is 11.5 Å². The fraction of sp³-hybridized carbons (Fsp3) is 0.450. The molecular formula is C20H28N4O3. The molecule has 0 fully saturated rings. The van der Waals surface area contributed by atoms with Crippen LogP contribution in [0.4, 0.5) is 5.95 Å². The second-order valence-electron chi connectivity index (χ2n) is 6.10. The molecule has 1 amide bonds. The summed E-state index contributed by atoms with van der Waals surface area (Å²) in [7, 11) is 3.21. The topological polar surface area (TPSA) is 76.6 Å². The molecule has 0 aliphatic heterocycles. The molecule has 1 aromatic heterocycles. The van der Waals surface area contributed by atoms with Gasteiger partial charge in [-0.3, -0.25) is 4.79 Å². The van der Waals surface area contributed by atoms with E-state index in [1.165, 1.54) is 0 Å². The molecule has 146 valence electrons. The van der Waals surface area contributed by atoms with E-state index in [0.717, 1.165) is 31.5 Å². The van der Waals surface area contributed by atoms with Crippen molar-refractivity contribution in [1.29, 1.82) is 0 Å². The van der Waals surface area contributed by atoms with Crippen molar-refractivity contribution in [1.82, 2.24) is 14.9 Å². The second-order valence-corrected chi connectivity index (χ2v) is 6.10. The summed E-state index contributed by atoms with van der Waals surface area (Å²) in [5.74, 6) is 1.70. The molecule has 1 heterocycles. The first-order chi connectivity index (χ1) is 13.1. The number of aromatic nitrogens is 2. The summed E-state index contributed by atoms with van der Waals surface area (Å²) in [6.07, 6.45) is 3.44. The maximum atomic E-state index is 12.7. The molecule has 0 atom stereocenters. The van der Waals surface area contributed by atoms with Crippen LogP contribution in [0.2, 0.25) is 0 Å². The number of benzene rings is 1. The van der Waals surface area contributed by atoms with Gasteiger partial charge in [0.2, 0.25) is 5.95 Å². The Morgan fingerprint density at radius 2 is 1.78 bits per heavy atom. The van der Waals surface area contributed by atoms with Gasteiger partial charge in [0.05, 0.1) is 14.2 Å². The summed E-state index contributed by atoms with van der Waals surface area (Å²) in [5.41, 5.74) is 1.40. The highest BCUT2D eigenvalue weighted by Crippen LogP contribution is 2.27. The Kier molecular flexibility index (Phi) is 7.85. The van der Waals surface area contributed by atoms with Gasteiger partial charge in [-0.1, -0.05) is 19.9 Å². The van der Waals surface area contributed by atoms with Crippen molar-refractivity contribution in [3.05, 3.63) is 41.7 Å². The average Bonchev–Trinajstić information content (AvgIpc) is 2.71. The summed E-state index contributed by atoms with van der Waals surface area (Å²) in [6, 6.07) is 7.34. The summed E-state index contributed by atoms with van der Waals surface area (Å²) in [4.78, 5) is 23.1. The summed E-state index contributed by atoms with van der Waals surface area (Å²) >= 11 is 0. The molecule has 0 aliphatic rings. The van der Waals surface area contributed by atoms with E-state index in [0.29, 0.717) is 29.7 Å². The predicted molar refractivity (Wildman–Crippen MR) is 105 cm³/mol. The van der Waals surface area contributed by atoms with Gasteiger partial charge in [-0.25, -0.2) is 9.97 Å². The lowest BCUT2D eigenvalue weighted by Gasteiger charge is -2.21. The van der Waals surface area contributed by atoms with E-state index in [1.807, 2.05) is 23.1 Å². The third-order valence-corrected chi connectivity index (χ3v) is 4.05. The molecule has 0 saturated carbocycles.